The first-order chi connectivity index (χ1) is 8.08. The first-order valence-corrected chi connectivity index (χ1v) is 6.87. The van der Waals surface area contributed by atoms with Crippen molar-refractivity contribution in [2.45, 2.75) is 6.92 Å². The highest BCUT2D eigenvalue weighted by Crippen LogP contribution is 2.30. The van der Waals surface area contributed by atoms with E-state index in [9.17, 15) is 0 Å². The zero-order chi connectivity index (χ0) is 12.4. The number of nitrogens with zero attached hydrogens (tertiary/aromatic N) is 1. The Kier molecular flexibility index (Phi) is 4.07. The monoisotopic (exact) mass is 374 g/mol. The summed E-state index contributed by atoms with van der Waals surface area (Å²) in [6.07, 6.45) is 1.77. The summed E-state index contributed by atoms with van der Waals surface area (Å²) in [5.41, 5.74) is 2.03. The van der Waals surface area contributed by atoms with Crippen LogP contribution in [0.1, 0.15) is 5.56 Å². The Morgan fingerprint density at radius 1 is 1.24 bits per heavy atom. The predicted octanol–water partition coefficient (Wildman–Crippen LogP) is 5.31. The molecule has 2 rings (SSSR count). The van der Waals surface area contributed by atoms with Crippen LogP contribution in [0.2, 0.25) is 5.02 Å². The maximum absolute atomic E-state index is 6.03. The van der Waals surface area contributed by atoms with E-state index >= 15 is 0 Å². The van der Waals surface area contributed by atoms with Gasteiger partial charge in [-0.15, -0.1) is 0 Å². The third kappa shape index (κ3) is 3.00. The second kappa shape index (κ2) is 5.38. The molecule has 0 aliphatic heterocycles. The summed E-state index contributed by atoms with van der Waals surface area (Å²) in [4.78, 5) is 4.27. The number of hydrogen-bond acceptors (Lipinski definition) is 2. The van der Waals surface area contributed by atoms with Crippen molar-refractivity contribution in [2.24, 2.45) is 0 Å². The zero-order valence-corrected chi connectivity index (χ0v) is 12.9. The van der Waals surface area contributed by atoms with Gasteiger partial charge in [0.15, 0.2) is 0 Å². The smallest absolute Gasteiger partial charge is 0.144 e. The van der Waals surface area contributed by atoms with Crippen LogP contribution in [0, 0.1) is 6.92 Å². The van der Waals surface area contributed by atoms with E-state index in [0.29, 0.717) is 5.02 Å². The number of aryl methyl sites for hydroxylation is 1. The minimum absolute atomic E-state index is 0.666. The number of nitrogens with one attached hydrogen (secondary N) is 1. The molecule has 1 heterocycles. The molecule has 0 radical (unpaired) electrons. The lowest BCUT2D eigenvalue weighted by molar-refractivity contribution is 1.25. The standard InChI is InChI=1S/C12H9Br2ClN2/c1-7-4-5-16-12(11(7)14)17-8-2-3-9(13)10(15)6-8/h2-6H,1H3,(H,16,17). The Morgan fingerprint density at radius 3 is 2.71 bits per heavy atom. The van der Waals surface area contributed by atoms with Crippen LogP contribution < -0.4 is 5.32 Å². The highest BCUT2D eigenvalue weighted by molar-refractivity contribution is 9.11. The number of hydrogen-bond donors (Lipinski definition) is 1. The molecule has 0 atom stereocenters. The molecule has 0 saturated carbocycles. The van der Waals surface area contributed by atoms with Crippen molar-refractivity contribution >= 4 is 55.0 Å². The zero-order valence-electron chi connectivity index (χ0n) is 8.97. The molecule has 0 spiro atoms. The molecule has 1 aromatic carbocycles. The summed E-state index contributed by atoms with van der Waals surface area (Å²) in [6, 6.07) is 7.63. The Morgan fingerprint density at radius 2 is 2.00 bits per heavy atom. The van der Waals surface area contributed by atoms with Crippen molar-refractivity contribution in [3.8, 4) is 0 Å². The van der Waals surface area contributed by atoms with Gasteiger partial charge in [0.1, 0.15) is 5.82 Å². The number of anilines is 2. The van der Waals surface area contributed by atoms with E-state index in [0.717, 1.165) is 26.0 Å². The van der Waals surface area contributed by atoms with Crippen LogP contribution in [0.5, 0.6) is 0 Å². The van der Waals surface area contributed by atoms with E-state index in [2.05, 4.69) is 42.2 Å². The van der Waals surface area contributed by atoms with Crippen LogP contribution in [0.15, 0.2) is 39.4 Å². The fourth-order valence-corrected chi connectivity index (χ4v) is 2.10. The summed E-state index contributed by atoms with van der Waals surface area (Å²) in [7, 11) is 0. The van der Waals surface area contributed by atoms with E-state index in [1.807, 2.05) is 31.2 Å². The van der Waals surface area contributed by atoms with Gasteiger partial charge in [0, 0.05) is 16.4 Å². The van der Waals surface area contributed by atoms with E-state index in [1.165, 1.54) is 0 Å². The number of rotatable bonds is 2. The number of aromatic nitrogens is 1. The quantitative estimate of drug-likeness (QED) is 0.768. The Bertz CT molecular complexity index is 558. The normalized spacial score (nSPS) is 10.4. The van der Waals surface area contributed by atoms with Gasteiger partial charge in [0.25, 0.3) is 0 Å². The van der Waals surface area contributed by atoms with Gasteiger partial charge in [-0.05, 0) is 68.6 Å². The summed E-state index contributed by atoms with van der Waals surface area (Å²) < 4.78 is 1.83. The maximum atomic E-state index is 6.03. The van der Waals surface area contributed by atoms with Crippen molar-refractivity contribution in [3.63, 3.8) is 0 Å². The molecule has 2 aromatic rings. The molecule has 0 amide bonds. The van der Waals surface area contributed by atoms with E-state index < -0.39 is 0 Å². The maximum Gasteiger partial charge on any atom is 0.144 e. The third-order valence-corrected chi connectivity index (χ3v) is 4.50. The van der Waals surface area contributed by atoms with Crippen molar-refractivity contribution < 1.29 is 0 Å². The van der Waals surface area contributed by atoms with E-state index in [-0.39, 0.29) is 0 Å². The van der Waals surface area contributed by atoms with Gasteiger partial charge in [0.2, 0.25) is 0 Å². The van der Waals surface area contributed by atoms with Crippen molar-refractivity contribution in [3.05, 3.63) is 50.0 Å². The van der Waals surface area contributed by atoms with Gasteiger partial charge in [0.05, 0.1) is 9.50 Å². The largest absolute Gasteiger partial charge is 0.339 e. The van der Waals surface area contributed by atoms with Crippen LogP contribution in [-0.4, -0.2) is 4.98 Å². The van der Waals surface area contributed by atoms with Gasteiger partial charge >= 0.3 is 0 Å². The van der Waals surface area contributed by atoms with Crippen LogP contribution in [-0.2, 0) is 0 Å². The summed E-state index contributed by atoms with van der Waals surface area (Å²) in [5, 5.41) is 3.88. The topological polar surface area (TPSA) is 24.9 Å². The van der Waals surface area contributed by atoms with Crippen LogP contribution in [0.4, 0.5) is 11.5 Å². The Hall–Kier alpha value is -0.580. The van der Waals surface area contributed by atoms with Crippen molar-refractivity contribution in [1.29, 1.82) is 0 Å². The summed E-state index contributed by atoms with van der Waals surface area (Å²) >= 11 is 12.9. The lowest BCUT2D eigenvalue weighted by Crippen LogP contribution is -1.95. The van der Waals surface area contributed by atoms with Crippen LogP contribution in [0.25, 0.3) is 0 Å². The molecule has 0 saturated heterocycles. The molecule has 0 aliphatic carbocycles. The lowest BCUT2D eigenvalue weighted by Gasteiger charge is -2.09. The molecular weight excluding hydrogens is 367 g/mol. The van der Waals surface area contributed by atoms with Gasteiger partial charge in [-0.25, -0.2) is 4.98 Å². The van der Waals surface area contributed by atoms with Crippen molar-refractivity contribution in [2.75, 3.05) is 5.32 Å². The minimum Gasteiger partial charge on any atom is -0.339 e. The first-order valence-electron chi connectivity index (χ1n) is 4.91. The van der Waals surface area contributed by atoms with Gasteiger partial charge in [-0.1, -0.05) is 11.6 Å². The first kappa shape index (κ1) is 12.9. The fraction of sp³-hybridized carbons (Fsp3) is 0.0833. The SMILES string of the molecule is Cc1ccnc(Nc2ccc(Br)c(Cl)c2)c1Br. The summed E-state index contributed by atoms with van der Waals surface area (Å²) in [6.45, 7) is 2.02. The molecule has 1 N–H and O–H groups in total. The second-order valence-corrected chi connectivity index (χ2v) is 5.60. The van der Waals surface area contributed by atoms with E-state index in [4.69, 9.17) is 11.6 Å². The molecule has 5 heteroatoms. The average Bonchev–Trinajstić information content (AvgIpc) is 2.30. The number of benzene rings is 1. The molecule has 17 heavy (non-hydrogen) atoms. The molecule has 0 fully saturated rings. The molecular formula is C12H9Br2ClN2. The third-order valence-electron chi connectivity index (χ3n) is 2.26. The molecule has 0 bridgehead atoms. The van der Waals surface area contributed by atoms with Crippen molar-refractivity contribution in [1.82, 2.24) is 4.98 Å². The molecule has 0 unspecified atom stereocenters. The summed E-state index contributed by atoms with van der Waals surface area (Å²) in [5.74, 6) is 0.781. The minimum atomic E-state index is 0.666. The second-order valence-electron chi connectivity index (χ2n) is 3.54. The van der Waals surface area contributed by atoms with Gasteiger partial charge < -0.3 is 5.32 Å². The Labute approximate surface area is 122 Å². The fourth-order valence-electron chi connectivity index (χ4n) is 1.34. The van der Waals surface area contributed by atoms with Gasteiger partial charge in [-0.2, -0.15) is 0 Å². The predicted molar refractivity (Wildman–Crippen MR) is 79.1 cm³/mol. The van der Waals surface area contributed by atoms with Crippen LogP contribution >= 0.6 is 43.5 Å². The Balaban J connectivity index is 2.31. The molecule has 2 nitrogen and oxygen atoms in total. The van der Waals surface area contributed by atoms with Crippen LogP contribution in [0.3, 0.4) is 0 Å². The molecule has 88 valence electrons. The lowest BCUT2D eigenvalue weighted by atomic mass is 10.3. The number of halogens is 3. The molecule has 0 aliphatic rings. The highest BCUT2D eigenvalue weighted by atomic mass is 79.9. The molecule has 1 aromatic heterocycles. The average molecular weight is 376 g/mol. The number of pyridine rings is 1. The van der Waals surface area contributed by atoms with E-state index in [1.54, 1.807) is 6.20 Å². The highest BCUT2D eigenvalue weighted by Gasteiger charge is 2.05. The van der Waals surface area contributed by atoms with Gasteiger partial charge in [-0.3, -0.25) is 0 Å².